The predicted molar refractivity (Wildman–Crippen MR) is 69.9 cm³/mol. The van der Waals surface area contributed by atoms with Crippen LogP contribution < -0.4 is 5.32 Å². The summed E-state index contributed by atoms with van der Waals surface area (Å²) in [4.78, 5) is 0. The quantitative estimate of drug-likeness (QED) is 0.653. The van der Waals surface area contributed by atoms with E-state index in [1.165, 1.54) is 19.1 Å². The van der Waals surface area contributed by atoms with Crippen LogP contribution in [0.1, 0.15) is 11.1 Å². The molecule has 2 aromatic carbocycles. The molecule has 20 heavy (non-hydrogen) atoms. The van der Waals surface area contributed by atoms with Crippen molar-refractivity contribution in [2.24, 2.45) is 0 Å². The van der Waals surface area contributed by atoms with Gasteiger partial charge in [-0.25, -0.2) is 8.78 Å². The third-order valence-corrected chi connectivity index (χ3v) is 2.93. The first-order chi connectivity index (χ1) is 9.40. The van der Waals surface area contributed by atoms with Gasteiger partial charge < -0.3 is 20.6 Å². The van der Waals surface area contributed by atoms with E-state index in [1.807, 2.05) is 0 Å². The van der Waals surface area contributed by atoms with Crippen molar-refractivity contribution in [3.63, 3.8) is 0 Å². The molecule has 0 fully saturated rings. The molecule has 4 N–H and O–H groups in total. The van der Waals surface area contributed by atoms with Gasteiger partial charge in [-0.05, 0) is 30.7 Å². The summed E-state index contributed by atoms with van der Waals surface area (Å²) in [5.74, 6) is -2.79. The fourth-order valence-corrected chi connectivity index (χ4v) is 1.73. The Bertz CT molecular complexity index is 657. The molecule has 0 saturated carbocycles. The maximum Gasteiger partial charge on any atom is 0.200 e. The second kappa shape index (κ2) is 5.24. The monoisotopic (exact) mass is 281 g/mol. The van der Waals surface area contributed by atoms with E-state index in [9.17, 15) is 24.1 Å². The molecule has 2 rings (SSSR count). The second-order valence-corrected chi connectivity index (χ2v) is 4.38. The van der Waals surface area contributed by atoms with Crippen LogP contribution in [-0.4, -0.2) is 15.3 Å². The first kappa shape index (κ1) is 13.9. The molecule has 0 unspecified atom stereocenters. The summed E-state index contributed by atoms with van der Waals surface area (Å²) < 4.78 is 26.9. The van der Waals surface area contributed by atoms with Gasteiger partial charge >= 0.3 is 0 Å². The number of hydrogen-bond donors (Lipinski definition) is 4. The molecule has 2 aromatic rings. The number of hydrogen-bond acceptors (Lipinski definition) is 4. The van der Waals surface area contributed by atoms with Crippen molar-refractivity contribution in [1.29, 1.82) is 0 Å². The average Bonchev–Trinajstić information content (AvgIpc) is 2.40. The van der Waals surface area contributed by atoms with E-state index in [1.54, 1.807) is 0 Å². The van der Waals surface area contributed by atoms with Crippen molar-refractivity contribution in [2.75, 3.05) is 5.32 Å². The van der Waals surface area contributed by atoms with E-state index in [4.69, 9.17) is 0 Å². The van der Waals surface area contributed by atoms with Crippen molar-refractivity contribution in [3.8, 4) is 17.2 Å². The van der Waals surface area contributed by atoms with Crippen LogP contribution in [0, 0.1) is 18.6 Å². The number of aromatic hydroxyl groups is 3. The fourth-order valence-electron chi connectivity index (χ4n) is 1.73. The number of nitrogens with one attached hydrogen (secondary N) is 1. The van der Waals surface area contributed by atoms with Gasteiger partial charge in [-0.1, -0.05) is 0 Å². The van der Waals surface area contributed by atoms with Crippen molar-refractivity contribution >= 4 is 5.69 Å². The number of rotatable bonds is 3. The average molecular weight is 281 g/mol. The molecule has 4 nitrogen and oxygen atoms in total. The van der Waals surface area contributed by atoms with Gasteiger partial charge in [-0.15, -0.1) is 0 Å². The molecule has 106 valence electrons. The normalized spacial score (nSPS) is 10.6. The van der Waals surface area contributed by atoms with Crippen LogP contribution in [0.4, 0.5) is 14.5 Å². The van der Waals surface area contributed by atoms with Crippen LogP contribution in [-0.2, 0) is 6.54 Å². The van der Waals surface area contributed by atoms with Gasteiger partial charge in [0.25, 0.3) is 0 Å². The van der Waals surface area contributed by atoms with Gasteiger partial charge in [-0.3, -0.25) is 0 Å². The lowest BCUT2D eigenvalue weighted by Crippen LogP contribution is -2.03. The standard InChI is InChI=1S/C14H13F2NO3/c1-7-4-10(16)11(5-9(7)15)17-6-8-2-3-12(18)14(20)13(8)19/h2-5,17-20H,6H2,1H3. The molecule has 0 heterocycles. The number of halogens is 2. The largest absolute Gasteiger partial charge is 0.504 e. The predicted octanol–water partition coefficient (Wildman–Crippen LogP) is 3.00. The fraction of sp³-hybridized carbons (Fsp3) is 0.143. The molecule has 0 atom stereocenters. The number of aryl methyl sites for hydroxylation is 1. The minimum Gasteiger partial charge on any atom is -0.504 e. The molecule has 0 aliphatic carbocycles. The number of phenolic OH excluding ortho intramolecular Hbond substituents is 3. The molecule has 0 aliphatic heterocycles. The number of anilines is 1. The Labute approximate surface area is 113 Å². The maximum atomic E-state index is 13.6. The van der Waals surface area contributed by atoms with Crippen LogP contribution in [0.15, 0.2) is 24.3 Å². The Morgan fingerprint density at radius 1 is 1.00 bits per heavy atom. The molecule has 0 aromatic heterocycles. The van der Waals surface area contributed by atoms with Crippen molar-refractivity contribution in [1.82, 2.24) is 0 Å². The van der Waals surface area contributed by atoms with Crippen LogP contribution in [0.5, 0.6) is 17.2 Å². The Balaban J connectivity index is 2.21. The summed E-state index contributed by atoms with van der Waals surface area (Å²) in [6, 6.07) is 4.63. The second-order valence-electron chi connectivity index (χ2n) is 4.38. The molecule has 0 radical (unpaired) electrons. The topological polar surface area (TPSA) is 72.7 Å². The Kier molecular flexibility index (Phi) is 3.65. The number of phenols is 3. The van der Waals surface area contributed by atoms with Crippen molar-refractivity contribution in [3.05, 3.63) is 47.0 Å². The zero-order valence-electron chi connectivity index (χ0n) is 10.6. The molecule has 0 saturated heterocycles. The van der Waals surface area contributed by atoms with Gasteiger partial charge in [0.2, 0.25) is 5.75 Å². The van der Waals surface area contributed by atoms with Crippen molar-refractivity contribution < 1.29 is 24.1 Å². The smallest absolute Gasteiger partial charge is 0.200 e. The Hall–Kier alpha value is -2.50. The van der Waals surface area contributed by atoms with E-state index >= 15 is 0 Å². The Morgan fingerprint density at radius 3 is 2.40 bits per heavy atom. The van der Waals surface area contributed by atoms with E-state index < -0.39 is 28.9 Å². The first-order valence-corrected chi connectivity index (χ1v) is 5.82. The van der Waals surface area contributed by atoms with Crippen LogP contribution in [0.3, 0.4) is 0 Å². The molecular weight excluding hydrogens is 268 g/mol. The SMILES string of the molecule is Cc1cc(F)c(NCc2ccc(O)c(O)c2O)cc1F. The van der Waals surface area contributed by atoms with Crippen LogP contribution in [0.25, 0.3) is 0 Å². The zero-order valence-corrected chi connectivity index (χ0v) is 10.6. The summed E-state index contributed by atoms with van der Waals surface area (Å²) >= 11 is 0. The highest BCUT2D eigenvalue weighted by Gasteiger charge is 2.12. The zero-order chi connectivity index (χ0) is 14.9. The van der Waals surface area contributed by atoms with E-state index in [-0.39, 0.29) is 23.4 Å². The minimum absolute atomic E-state index is 0.0426. The molecule has 0 spiro atoms. The molecule has 0 bridgehead atoms. The highest BCUT2D eigenvalue weighted by atomic mass is 19.1. The van der Waals surface area contributed by atoms with Crippen LogP contribution in [0.2, 0.25) is 0 Å². The van der Waals surface area contributed by atoms with E-state index in [0.29, 0.717) is 0 Å². The molecule has 0 aliphatic rings. The van der Waals surface area contributed by atoms with Gasteiger partial charge in [0.05, 0.1) is 5.69 Å². The maximum absolute atomic E-state index is 13.6. The third-order valence-electron chi connectivity index (χ3n) is 2.93. The van der Waals surface area contributed by atoms with Gasteiger partial charge in [-0.2, -0.15) is 0 Å². The number of benzene rings is 2. The summed E-state index contributed by atoms with van der Waals surface area (Å²) in [6.45, 7) is 1.41. The first-order valence-electron chi connectivity index (χ1n) is 5.82. The lowest BCUT2D eigenvalue weighted by molar-refractivity contribution is 0.365. The summed E-state index contributed by atoms with van der Waals surface area (Å²) in [5, 5.41) is 30.8. The summed E-state index contributed by atoms with van der Waals surface area (Å²) in [6.07, 6.45) is 0. The highest BCUT2D eigenvalue weighted by molar-refractivity contribution is 5.55. The summed E-state index contributed by atoms with van der Waals surface area (Å²) in [7, 11) is 0. The van der Waals surface area contributed by atoms with Gasteiger partial charge in [0.15, 0.2) is 11.5 Å². The highest BCUT2D eigenvalue weighted by Crippen LogP contribution is 2.37. The Morgan fingerprint density at radius 2 is 1.70 bits per heavy atom. The van der Waals surface area contributed by atoms with Gasteiger partial charge in [0.1, 0.15) is 11.6 Å². The summed E-state index contributed by atoms with van der Waals surface area (Å²) in [5.41, 5.74) is 0.374. The van der Waals surface area contributed by atoms with Crippen LogP contribution >= 0.6 is 0 Å². The molecule has 6 heteroatoms. The third kappa shape index (κ3) is 2.59. The van der Waals surface area contributed by atoms with Gasteiger partial charge in [0, 0.05) is 18.2 Å². The van der Waals surface area contributed by atoms with E-state index in [2.05, 4.69) is 5.32 Å². The van der Waals surface area contributed by atoms with Crippen molar-refractivity contribution in [2.45, 2.75) is 13.5 Å². The molecule has 0 amide bonds. The van der Waals surface area contributed by atoms with E-state index in [0.717, 1.165) is 12.1 Å². The minimum atomic E-state index is -0.653. The lowest BCUT2D eigenvalue weighted by Gasteiger charge is -2.11. The molecular formula is C14H13F2NO3. The lowest BCUT2D eigenvalue weighted by atomic mass is 10.1.